The van der Waals surface area contributed by atoms with E-state index in [0.29, 0.717) is 5.69 Å². The summed E-state index contributed by atoms with van der Waals surface area (Å²) in [6.07, 6.45) is 2.40. The van der Waals surface area contributed by atoms with Gasteiger partial charge in [0.05, 0.1) is 17.3 Å². The van der Waals surface area contributed by atoms with Gasteiger partial charge in [0.1, 0.15) is 5.78 Å². The number of carbonyl (C=O) groups is 1. The van der Waals surface area contributed by atoms with Crippen LogP contribution in [0.2, 0.25) is 0 Å². The van der Waals surface area contributed by atoms with E-state index in [1.807, 2.05) is 6.92 Å². The standard InChI is InChI=1S/C10H13ClN2O/c1-3-8(7(2)14)10-9(13-11)5-4-6-12-10/h4-6,8,13H,3H2,1-2H3. The van der Waals surface area contributed by atoms with Crippen molar-refractivity contribution < 1.29 is 4.79 Å². The average Bonchev–Trinajstić information content (AvgIpc) is 2.19. The van der Waals surface area contributed by atoms with Crippen molar-refractivity contribution >= 4 is 23.2 Å². The van der Waals surface area contributed by atoms with E-state index >= 15 is 0 Å². The molecule has 4 heteroatoms. The van der Waals surface area contributed by atoms with Crippen LogP contribution in [0.1, 0.15) is 31.9 Å². The van der Waals surface area contributed by atoms with Crippen LogP contribution in [0.5, 0.6) is 0 Å². The Morgan fingerprint density at radius 1 is 1.71 bits per heavy atom. The first-order valence-corrected chi connectivity index (χ1v) is 4.90. The predicted molar refractivity (Wildman–Crippen MR) is 57.4 cm³/mol. The monoisotopic (exact) mass is 212 g/mol. The zero-order valence-corrected chi connectivity index (χ0v) is 9.01. The highest BCUT2D eigenvalue weighted by Gasteiger charge is 2.18. The molecule has 76 valence electrons. The number of Topliss-reactive ketones (excluding diaryl/α,β-unsaturated/α-hetero) is 1. The molecule has 0 bridgehead atoms. The van der Waals surface area contributed by atoms with Crippen molar-refractivity contribution in [3.63, 3.8) is 0 Å². The summed E-state index contributed by atoms with van der Waals surface area (Å²) in [4.78, 5) is 18.0. The Labute approximate surface area is 88.6 Å². The summed E-state index contributed by atoms with van der Waals surface area (Å²) in [5, 5.41) is 0. The maximum Gasteiger partial charge on any atom is 0.138 e. The summed E-state index contributed by atoms with van der Waals surface area (Å²) in [5.74, 6) is -0.0585. The molecule has 3 nitrogen and oxygen atoms in total. The maximum atomic E-state index is 11.3. The van der Waals surface area contributed by atoms with Crippen molar-refractivity contribution in [1.29, 1.82) is 0 Å². The highest BCUT2D eigenvalue weighted by molar-refractivity contribution is 6.24. The van der Waals surface area contributed by atoms with Gasteiger partial charge in [-0.1, -0.05) is 6.92 Å². The predicted octanol–water partition coefficient (Wildman–Crippen LogP) is 2.73. The van der Waals surface area contributed by atoms with Crippen LogP contribution in [0.4, 0.5) is 5.69 Å². The number of rotatable bonds is 4. The van der Waals surface area contributed by atoms with Gasteiger partial charge in [0.25, 0.3) is 0 Å². The van der Waals surface area contributed by atoms with Crippen molar-refractivity contribution in [1.82, 2.24) is 4.98 Å². The number of halogens is 1. The molecule has 0 aromatic carbocycles. The lowest BCUT2D eigenvalue weighted by atomic mass is 9.96. The highest BCUT2D eigenvalue weighted by Crippen LogP contribution is 2.25. The number of aromatic nitrogens is 1. The van der Waals surface area contributed by atoms with Crippen LogP contribution in [-0.2, 0) is 4.79 Å². The summed E-state index contributed by atoms with van der Waals surface area (Å²) >= 11 is 5.54. The van der Waals surface area contributed by atoms with Crippen LogP contribution in [-0.4, -0.2) is 10.8 Å². The van der Waals surface area contributed by atoms with Gasteiger partial charge in [0.2, 0.25) is 0 Å². The Balaban J connectivity index is 3.08. The molecular weight excluding hydrogens is 200 g/mol. The molecule has 14 heavy (non-hydrogen) atoms. The normalized spacial score (nSPS) is 12.2. The van der Waals surface area contributed by atoms with Gasteiger partial charge < -0.3 is 0 Å². The Hall–Kier alpha value is -1.09. The SMILES string of the molecule is CCC(C(C)=O)c1ncccc1NCl. The van der Waals surface area contributed by atoms with Gasteiger partial charge in [-0.05, 0) is 25.5 Å². The number of ketones is 1. The van der Waals surface area contributed by atoms with Gasteiger partial charge in [-0.15, -0.1) is 0 Å². The van der Waals surface area contributed by atoms with Crippen molar-refractivity contribution in [3.05, 3.63) is 24.0 Å². The second kappa shape index (κ2) is 4.96. The number of carbonyl (C=O) groups excluding carboxylic acids is 1. The summed E-state index contributed by atoms with van der Waals surface area (Å²) in [7, 11) is 0. The van der Waals surface area contributed by atoms with E-state index < -0.39 is 0 Å². The summed E-state index contributed by atoms with van der Waals surface area (Å²) in [6.45, 7) is 3.53. The molecule has 1 atom stereocenters. The molecule has 0 aliphatic rings. The number of anilines is 1. The molecule has 0 saturated heterocycles. The quantitative estimate of drug-likeness (QED) is 0.781. The number of pyridine rings is 1. The highest BCUT2D eigenvalue weighted by atomic mass is 35.5. The van der Waals surface area contributed by atoms with Crippen molar-refractivity contribution in [2.24, 2.45) is 0 Å². The third-order valence-electron chi connectivity index (χ3n) is 2.17. The maximum absolute atomic E-state index is 11.3. The molecule has 0 fully saturated rings. The zero-order chi connectivity index (χ0) is 10.6. The van der Waals surface area contributed by atoms with Gasteiger partial charge in [-0.25, -0.2) is 0 Å². The molecular formula is C10H13ClN2O. The number of hydrogen-bond acceptors (Lipinski definition) is 3. The third-order valence-corrected chi connectivity index (χ3v) is 2.37. The van der Waals surface area contributed by atoms with Crippen LogP contribution in [0.25, 0.3) is 0 Å². The van der Waals surface area contributed by atoms with E-state index in [1.54, 1.807) is 25.3 Å². The molecule has 1 aromatic rings. The smallest absolute Gasteiger partial charge is 0.138 e. The van der Waals surface area contributed by atoms with E-state index in [1.165, 1.54) is 0 Å². The van der Waals surface area contributed by atoms with Crippen molar-refractivity contribution in [2.75, 3.05) is 4.84 Å². The minimum Gasteiger partial charge on any atom is -0.299 e. The first-order chi connectivity index (χ1) is 6.70. The van der Waals surface area contributed by atoms with Crippen LogP contribution >= 0.6 is 11.8 Å². The van der Waals surface area contributed by atoms with Crippen molar-refractivity contribution in [2.45, 2.75) is 26.2 Å². The molecule has 0 aliphatic carbocycles. The topological polar surface area (TPSA) is 42.0 Å². The Morgan fingerprint density at radius 3 is 2.93 bits per heavy atom. The summed E-state index contributed by atoms with van der Waals surface area (Å²) < 4.78 is 0. The minimum atomic E-state index is -0.169. The van der Waals surface area contributed by atoms with Crippen LogP contribution in [0, 0.1) is 0 Å². The van der Waals surface area contributed by atoms with E-state index in [0.717, 1.165) is 12.1 Å². The van der Waals surface area contributed by atoms with E-state index in [4.69, 9.17) is 11.8 Å². The van der Waals surface area contributed by atoms with Crippen LogP contribution in [0.15, 0.2) is 18.3 Å². The number of hydrogen-bond donors (Lipinski definition) is 1. The summed E-state index contributed by atoms with van der Waals surface area (Å²) in [5.41, 5.74) is 1.42. The Bertz CT molecular complexity index is 328. The van der Waals surface area contributed by atoms with Crippen molar-refractivity contribution in [3.8, 4) is 0 Å². The molecule has 1 aromatic heterocycles. The fourth-order valence-electron chi connectivity index (χ4n) is 1.45. The zero-order valence-electron chi connectivity index (χ0n) is 8.25. The second-order valence-electron chi connectivity index (χ2n) is 3.10. The summed E-state index contributed by atoms with van der Waals surface area (Å²) in [6, 6.07) is 3.59. The number of nitrogens with zero attached hydrogens (tertiary/aromatic N) is 1. The largest absolute Gasteiger partial charge is 0.299 e. The fourth-order valence-corrected chi connectivity index (χ4v) is 1.61. The van der Waals surface area contributed by atoms with Gasteiger partial charge in [-0.3, -0.25) is 14.6 Å². The molecule has 1 heterocycles. The van der Waals surface area contributed by atoms with E-state index in [9.17, 15) is 4.79 Å². The first-order valence-electron chi connectivity index (χ1n) is 4.52. The first kappa shape index (κ1) is 11.0. The molecule has 1 rings (SSSR count). The lowest BCUT2D eigenvalue weighted by Gasteiger charge is -2.13. The van der Waals surface area contributed by atoms with Gasteiger partial charge in [0, 0.05) is 18.0 Å². The lowest BCUT2D eigenvalue weighted by Crippen LogP contribution is -2.11. The fraction of sp³-hybridized carbons (Fsp3) is 0.400. The third kappa shape index (κ3) is 2.23. The number of nitrogens with one attached hydrogen (secondary N) is 1. The second-order valence-corrected chi connectivity index (χ2v) is 3.29. The van der Waals surface area contributed by atoms with Crippen LogP contribution < -0.4 is 4.84 Å². The lowest BCUT2D eigenvalue weighted by molar-refractivity contribution is -0.118. The molecule has 0 spiro atoms. The van der Waals surface area contributed by atoms with Gasteiger partial charge in [-0.2, -0.15) is 0 Å². The van der Waals surface area contributed by atoms with Crippen LogP contribution in [0.3, 0.4) is 0 Å². The molecule has 0 amide bonds. The minimum absolute atomic E-state index is 0.111. The van der Waals surface area contributed by atoms with Gasteiger partial charge in [0.15, 0.2) is 0 Å². The molecule has 0 aliphatic heterocycles. The average molecular weight is 213 g/mol. The Kier molecular flexibility index (Phi) is 3.89. The molecule has 0 radical (unpaired) electrons. The Morgan fingerprint density at radius 2 is 2.43 bits per heavy atom. The van der Waals surface area contributed by atoms with Gasteiger partial charge >= 0.3 is 0 Å². The molecule has 1 N–H and O–H groups in total. The molecule has 0 saturated carbocycles. The van der Waals surface area contributed by atoms with E-state index in [-0.39, 0.29) is 11.7 Å². The van der Waals surface area contributed by atoms with E-state index in [2.05, 4.69) is 9.82 Å². The molecule has 1 unspecified atom stereocenters.